The molecule has 2 nitrogen and oxygen atoms in total. The highest BCUT2D eigenvalue weighted by molar-refractivity contribution is 5.69. The fourth-order valence-electron chi connectivity index (χ4n) is 5.56. The average Bonchev–Trinajstić information content (AvgIpc) is 2.67. The molecule has 2 heteroatoms. The summed E-state index contributed by atoms with van der Waals surface area (Å²) in [7, 11) is 0. The molecule has 0 radical (unpaired) electrons. The molecular formula is C27H30N2. The van der Waals surface area contributed by atoms with Gasteiger partial charge in [0.05, 0.1) is 0 Å². The minimum atomic E-state index is -0.0884. The van der Waals surface area contributed by atoms with Gasteiger partial charge in [-0.3, -0.25) is 0 Å². The van der Waals surface area contributed by atoms with Crippen molar-refractivity contribution in [3.05, 3.63) is 94.0 Å². The maximum atomic E-state index is 2.69. The summed E-state index contributed by atoms with van der Waals surface area (Å²) >= 11 is 0. The molecule has 1 aliphatic heterocycles. The second kappa shape index (κ2) is 6.66. The third-order valence-electron chi connectivity index (χ3n) is 6.83. The molecule has 1 fully saturated rings. The molecule has 5 rings (SSSR count). The van der Waals surface area contributed by atoms with Gasteiger partial charge in [0.15, 0.2) is 0 Å². The van der Waals surface area contributed by atoms with Crippen molar-refractivity contribution in [3.8, 4) is 0 Å². The van der Waals surface area contributed by atoms with E-state index in [1.807, 2.05) is 0 Å². The summed E-state index contributed by atoms with van der Waals surface area (Å²) in [6, 6.07) is 22.9. The van der Waals surface area contributed by atoms with Crippen molar-refractivity contribution in [2.24, 2.45) is 0 Å². The van der Waals surface area contributed by atoms with E-state index >= 15 is 0 Å². The normalized spacial score (nSPS) is 17.2. The highest BCUT2D eigenvalue weighted by Crippen LogP contribution is 2.52. The second-order valence-electron chi connectivity index (χ2n) is 8.89. The summed E-state index contributed by atoms with van der Waals surface area (Å²) in [5.41, 5.74) is 11.0. The van der Waals surface area contributed by atoms with Crippen LogP contribution in [0.2, 0.25) is 0 Å². The Hall–Kier alpha value is -2.74. The fraction of sp³-hybridized carbons (Fsp3) is 0.333. The molecule has 0 saturated carbocycles. The zero-order chi connectivity index (χ0) is 20.2. The minimum absolute atomic E-state index is 0.0884. The van der Waals surface area contributed by atoms with E-state index in [9.17, 15) is 0 Å². The van der Waals surface area contributed by atoms with E-state index < -0.39 is 0 Å². The van der Waals surface area contributed by atoms with Gasteiger partial charge in [0.2, 0.25) is 0 Å². The molecule has 0 atom stereocenters. The van der Waals surface area contributed by atoms with Crippen LogP contribution in [0.5, 0.6) is 0 Å². The first-order chi connectivity index (χ1) is 14.0. The molecule has 1 saturated heterocycles. The maximum absolute atomic E-state index is 2.69. The third kappa shape index (κ3) is 2.69. The Morgan fingerprint density at radius 1 is 0.690 bits per heavy atom. The lowest BCUT2D eigenvalue weighted by atomic mass is 9.72. The van der Waals surface area contributed by atoms with Gasteiger partial charge in [-0.25, -0.2) is 0 Å². The molecule has 3 aromatic rings. The van der Waals surface area contributed by atoms with Gasteiger partial charge in [-0.2, -0.15) is 0 Å². The number of fused-ring (bicyclic) bond motifs is 2. The molecular weight excluding hydrogens is 352 g/mol. The Balaban J connectivity index is 1.70. The number of hydrogen-bond acceptors (Lipinski definition) is 2. The summed E-state index contributed by atoms with van der Waals surface area (Å²) in [6.45, 7) is 11.1. The molecule has 1 heterocycles. The van der Waals surface area contributed by atoms with E-state index in [-0.39, 0.29) is 5.66 Å². The predicted molar refractivity (Wildman–Crippen MR) is 123 cm³/mol. The summed E-state index contributed by atoms with van der Waals surface area (Å²) in [4.78, 5) is 5.37. The quantitative estimate of drug-likeness (QED) is 0.533. The topological polar surface area (TPSA) is 6.48 Å². The number of aryl methyl sites for hydroxylation is 4. The van der Waals surface area contributed by atoms with E-state index in [2.05, 4.69) is 98.2 Å². The standard InChI is InChI=1S/C27H30N2/c1-19-10-12-25(21(3)16-19)28-14-7-15-29(26-13-11-20(2)17-22(26)4)27(28)18-23-8-5-6-9-24(23)27/h5-6,8-13,16-17H,7,14-15,18H2,1-4H3. The van der Waals surface area contributed by atoms with Crippen molar-refractivity contribution in [2.75, 3.05) is 22.9 Å². The first kappa shape index (κ1) is 18.3. The van der Waals surface area contributed by atoms with Crippen LogP contribution in [0.15, 0.2) is 60.7 Å². The number of rotatable bonds is 2. The SMILES string of the molecule is Cc1ccc(N2CCCN(c3ccc(C)cc3C)C23Cc2ccccc23)c(C)c1. The Labute approximate surface area is 174 Å². The van der Waals surface area contributed by atoms with Gasteiger partial charge in [-0.15, -0.1) is 0 Å². The van der Waals surface area contributed by atoms with Gasteiger partial charge in [0.1, 0.15) is 5.66 Å². The Morgan fingerprint density at radius 3 is 1.76 bits per heavy atom. The Kier molecular flexibility index (Phi) is 4.20. The van der Waals surface area contributed by atoms with Gasteiger partial charge in [-0.05, 0) is 62.9 Å². The molecule has 1 spiro atoms. The van der Waals surface area contributed by atoms with Crippen LogP contribution >= 0.6 is 0 Å². The molecule has 29 heavy (non-hydrogen) atoms. The monoisotopic (exact) mass is 382 g/mol. The molecule has 0 N–H and O–H groups in total. The number of nitrogens with zero attached hydrogens (tertiary/aromatic N) is 2. The van der Waals surface area contributed by atoms with E-state index in [4.69, 9.17) is 0 Å². The molecule has 3 aromatic carbocycles. The lowest BCUT2D eigenvalue weighted by molar-refractivity contribution is 0.291. The minimum Gasteiger partial charge on any atom is -0.344 e. The van der Waals surface area contributed by atoms with Crippen molar-refractivity contribution in [3.63, 3.8) is 0 Å². The third-order valence-corrected chi connectivity index (χ3v) is 6.83. The Morgan fingerprint density at radius 2 is 1.24 bits per heavy atom. The first-order valence-electron chi connectivity index (χ1n) is 10.8. The van der Waals surface area contributed by atoms with Gasteiger partial charge < -0.3 is 9.80 Å². The number of hydrogen-bond donors (Lipinski definition) is 0. The molecule has 0 unspecified atom stereocenters. The summed E-state index contributed by atoms with van der Waals surface area (Å²) in [6.07, 6.45) is 2.24. The highest BCUT2D eigenvalue weighted by Gasteiger charge is 2.54. The average molecular weight is 383 g/mol. The van der Waals surface area contributed by atoms with Gasteiger partial charge in [0, 0.05) is 36.4 Å². The fourth-order valence-corrected chi connectivity index (χ4v) is 5.56. The van der Waals surface area contributed by atoms with E-state index in [1.165, 1.54) is 51.2 Å². The molecule has 1 aliphatic carbocycles. The molecule has 148 valence electrons. The van der Waals surface area contributed by atoms with Crippen molar-refractivity contribution in [2.45, 2.75) is 46.2 Å². The smallest absolute Gasteiger partial charge is 0.144 e. The van der Waals surface area contributed by atoms with Crippen LogP contribution in [0.1, 0.15) is 39.8 Å². The van der Waals surface area contributed by atoms with Crippen LogP contribution in [-0.4, -0.2) is 13.1 Å². The van der Waals surface area contributed by atoms with Gasteiger partial charge >= 0.3 is 0 Å². The van der Waals surface area contributed by atoms with Crippen molar-refractivity contribution < 1.29 is 0 Å². The lowest BCUT2D eigenvalue weighted by Crippen LogP contribution is -2.68. The van der Waals surface area contributed by atoms with Crippen LogP contribution in [0.4, 0.5) is 11.4 Å². The molecule has 0 amide bonds. The molecule has 0 aromatic heterocycles. The zero-order valence-electron chi connectivity index (χ0n) is 18.0. The van der Waals surface area contributed by atoms with Gasteiger partial charge in [0.25, 0.3) is 0 Å². The second-order valence-corrected chi connectivity index (χ2v) is 8.89. The van der Waals surface area contributed by atoms with E-state index in [1.54, 1.807) is 0 Å². The molecule has 0 bridgehead atoms. The predicted octanol–water partition coefficient (Wildman–Crippen LogP) is 6.05. The van der Waals surface area contributed by atoms with Crippen molar-refractivity contribution >= 4 is 11.4 Å². The summed E-state index contributed by atoms with van der Waals surface area (Å²) in [5, 5.41) is 0. The largest absolute Gasteiger partial charge is 0.344 e. The van der Waals surface area contributed by atoms with Crippen LogP contribution < -0.4 is 9.80 Å². The maximum Gasteiger partial charge on any atom is 0.144 e. The Bertz CT molecular complexity index is 1020. The zero-order valence-corrected chi connectivity index (χ0v) is 18.0. The van der Waals surface area contributed by atoms with E-state index in [0.717, 1.165) is 19.5 Å². The van der Waals surface area contributed by atoms with Crippen molar-refractivity contribution in [1.82, 2.24) is 0 Å². The van der Waals surface area contributed by atoms with Crippen molar-refractivity contribution in [1.29, 1.82) is 0 Å². The number of benzene rings is 3. The van der Waals surface area contributed by atoms with Crippen LogP contribution in [0.3, 0.4) is 0 Å². The first-order valence-corrected chi connectivity index (χ1v) is 10.8. The van der Waals surface area contributed by atoms with Gasteiger partial charge in [-0.1, -0.05) is 59.7 Å². The van der Waals surface area contributed by atoms with Crippen LogP contribution in [0.25, 0.3) is 0 Å². The summed E-state index contributed by atoms with van der Waals surface area (Å²) in [5.74, 6) is 0. The lowest BCUT2D eigenvalue weighted by Gasteiger charge is -2.62. The number of anilines is 2. The van der Waals surface area contributed by atoms with Crippen LogP contribution in [-0.2, 0) is 12.1 Å². The van der Waals surface area contributed by atoms with E-state index in [0.29, 0.717) is 0 Å². The van der Waals surface area contributed by atoms with Crippen LogP contribution in [0, 0.1) is 27.7 Å². The molecule has 2 aliphatic rings. The highest BCUT2D eigenvalue weighted by atomic mass is 15.4. The summed E-state index contributed by atoms with van der Waals surface area (Å²) < 4.78 is 0.